The molecule has 78 valence electrons. The number of carbonyl (C=O) groups is 1. The third-order valence-corrected chi connectivity index (χ3v) is 4.15. The molecule has 14 heavy (non-hydrogen) atoms. The number of carboxylic acids is 1. The molecule has 0 aromatic carbocycles. The number of rotatable bonds is 3. The molecule has 0 aliphatic rings. The van der Waals surface area contributed by atoms with Gasteiger partial charge in [-0.05, 0) is 6.07 Å². The fourth-order valence-corrected chi connectivity index (χ4v) is 2.13. The van der Waals surface area contributed by atoms with Crippen LogP contribution in [0.2, 0.25) is 0 Å². The summed E-state index contributed by atoms with van der Waals surface area (Å²) in [6, 6.07) is 2.97. The Kier molecular flexibility index (Phi) is 3.05. The van der Waals surface area contributed by atoms with Gasteiger partial charge in [-0.3, -0.25) is 4.55 Å². The molecule has 1 heterocycles. The first-order chi connectivity index (χ1) is 6.35. The zero-order valence-electron chi connectivity index (χ0n) is 7.63. The summed E-state index contributed by atoms with van der Waals surface area (Å²) in [5, 5.41) is 9.20. The molecule has 0 amide bonds. The van der Waals surface area contributed by atoms with Crippen LogP contribution in [0.3, 0.4) is 0 Å². The zero-order valence-corrected chi connectivity index (χ0v) is 9.26. The van der Waals surface area contributed by atoms with Crippen LogP contribution in [0.5, 0.6) is 0 Å². The van der Waals surface area contributed by atoms with E-state index in [1.165, 1.54) is 20.2 Å². The molecule has 0 radical (unpaired) electrons. The van der Waals surface area contributed by atoms with Crippen molar-refractivity contribution >= 4 is 33.6 Å². The first-order valence-electron chi connectivity index (χ1n) is 3.65. The summed E-state index contributed by atoms with van der Waals surface area (Å²) in [7, 11) is 3.07. The molecule has 1 rings (SSSR count). The Balaban J connectivity index is 3.09. The maximum atomic E-state index is 10.9. The molecule has 1 unspecified atom stereocenters. The second-order valence-corrected chi connectivity index (χ2v) is 5.46. The molecule has 0 fully saturated rings. The number of carboxylic acid groups (broad SMARTS) is 1. The van der Waals surface area contributed by atoms with E-state index in [4.69, 9.17) is 9.66 Å². The molecular weight excluding hydrogens is 226 g/mol. The average molecular weight is 236 g/mol. The van der Waals surface area contributed by atoms with Crippen molar-refractivity contribution in [1.29, 1.82) is 0 Å². The van der Waals surface area contributed by atoms with Crippen LogP contribution in [0.25, 0.3) is 0 Å². The van der Waals surface area contributed by atoms with Gasteiger partial charge in [0.05, 0.1) is 14.1 Å². The lowest BCUT2D eigenvalue weighted by Gasteiger charge is -2.20. The number of aromatic carboxylic acids is 1. The highest BCUT2D eigenvalue weighted by molar-refractivity contribution is 7.78. The Morgan fingerprint density at radius 2 is 2.07 bits per heavy atom. The van der Waals surface area contributed by atoms with Gasteiger partial charge in [0, 0.05) is 6.07 Å². The predicted octanol–water partition coefficient (Wildman–Crippen LogP) is 1.15. The first-order valence-corrected chi connectivity index (χ1v) is 5.53. The molecule has 5 nitrogen and oxygen atoms in total. The van der Waals surface area contributed by atoms with Gasteiger partial charge in [0.25, 0.3) is 0 Å². The predicted molar refractivity (Wildman–Crippen MR) is 55.7 cm³/mol. The van der Waals surface area contributed by atoms with Gasteiger partial charge in [0.15, 0.2) is 0 Å². The van der Waals surface area contributed by atoms with Gasteiger partial charge >= 0.3 is 17.2 Å². The molecule has 1 atom stereocenters. The van der Waals surface area contributed by atoms with Gasteiger partial charge in [-0.15, -0.1) is 0 Å². The van der Waals surface area contributed by atoms with Crippen molar-refractivity contribution in [1.82, 2.24) is 3.89 Å². The molecule has 1 aromatic rings. The van der Waals surface area contributed by atoms with E-state index >= 15 is 0 Å². The number of thiophene rings is 1. The minimum absolute atomic E-state index is 0.164. The maximum Gasteiger partial charge on any atom is 0.364 e. The van der Waals surface area contributed by atoms with Crippen LogP contribution in [-0.2, 0) is 11.3 Å². The van der Waals surface area contributed by atoms with Crippen molar-refractivity contribution < 1.29 is 18.7 Å². The van der Waals surface area contributed by atoms with Gasteiger partial charge in [-0.1, -0.05) is 11.3 Å². The van der Waals surface area contributed by atoms with Gasteiger partial charge in [0.2, 0.25) is 5.00 Å². The number of nitrogens with zero attached hydrogens (tertiary/aromatic N) is 1. The number of quaternary nitrogens is 1. The van der Waals surface area contributed by atoms with Crippen LogP contribution in [-0.4, -0.2) is 33.9 Å². The molecule has 7 heteroatoms. The molecule has 0 saturated carbocycles. The van der Waals surface area contributed by atoms with Gasteiger partial charge in [0.1, 0.15) is 4.88 Å². The highest BCUT2D eigenvalue weighted by atomic mass is 32.2. The molecule has 1 aromatic heterocycles. The highest BCUT2D eigenvalue weighted by Gasteiger charge is 2.29. The van der Waals surface area contributed by atoms with Gasteiger partial charge < -0.3 is 5.11 Å². The highest BCUT2D eigenvalue weighted by Crippen LogP contribution is 2.30. The Labute approximate surface area is 87.6 Å². The van der Waals surface area contributed by atoms with Crippen LogP contribution in [0.15, 0.2) is 12.1 Å². The fourth-order valence-electron chi connectivity index (χ4n) is 0.809. The Bertz CT molecular complexity index is 385. The van der Waals surface area contributed by atoms with Gasteiger partial charge in [-0.25, -0.2) is 4.79 Å². The van der Waals surface area contributed by atoms with E-state index in [2.05, 4.69) is 0 Å². The van der Waals surface area contributed by atoms with Crippen LogP contribution in [0, 0.1) is 0 Å². The molecule has 0 spiro atoms. The molecule has 2 N–H and O–H groups in total. The van der Waals surface area contributed by atoms with E-state index in [0.29, 0.717) is 5.00 Å². The summed E-state index contributed by atoms with van der Waals surface area (Å²) in [6.07, 6.45) is 0. The number of hydrogen-bond donors (Lipinski definition) is 2. The lowest BCUT2D eigenvalue weighted by molar-refractivity contribution is 0.0702. The van der Waals surface area contributed by atoms with Crippen LogP contribution < -0.4 is 3.89 Å². The maximum absolute atomic E-state index is 10.9. The monoisotopic (exact) mass is 236 g/mol. The van der Waals surface area contributed by atoms with Crippen molar-refractivity contribution in [3.05, 3.63) is 17.0 Å². The second-order valence-electron chi connectivity index (χ2n) is 3.02. The lowest BCUT2D eigenvalue weighted by Crippen LogP contribution is -2.41. The van der Waals surface area contributed by atoms with E-state index in [9.17, 15) is 9.00 Å². The van der Waals surface area contributed by atoms with E-state index in [0.717, 1.165) is 11.3 Å². The Hall–Kier alpha value is -0.760. The average Bonchev–Trinajstić information content (AvgIpc) is 2.51. The van der Waals surface area contributed by atoms with Crippen molar-refractivity contribution in [3.8, 4) is 0 Å². The van der Waals surface area contributed by atoms with Gasteiger partial charge in [-0.2, -0.15) is 8.10 Å². The molecule has 0 aliphatic carbocycles. The van der Waals surface area contributed by atoms with E-state index in [1.54, 1.807) is 6.07 Å². The zero-order chi connectivity index (χ0) is 10.9. The quantitative estimate of drug-likeness (QED) is 0.610. The second kappa shape index (κ2) is 3.77. The van der Waals surface area contributed by atoms with Crippen molar-refractivity contribution in [2.75, 3.05) is 14.1 Å². The minimum Gasteiger partial charge on any atom is -0.477 e. The number of hydrogen-bond acceptors (Lipinski definition) is 3. The molecular formula is C7H10NO4S2+. The summed E-state index contributed by atoms with van der Waals surface area (Å²) < 4.78 is 19.7. The lowest BCUT2D eigenvalue weighted by atomic mass is 10.5. The van der Waals surface area contributed by atoms with Crippen LogP contribution in [0.1, 0.15) is 9.67 Å². The van der Waals surface area contributed by atoms with E-state index in [-0.39, 0.29) is 8.77 Å². The van der Waals surface area contributed by atoms with E-state index < -0.39 is 17.2 Å². The largest absolute Gasteiger partial charge is 0.477 e. The first kappa shape index (κ1) is 11.3. The summed E-state index contributed by atoms with van der Waals surface area (Å²) in [5.74, 6) is -1.02. The van der Waals surface area contributed by atoms with Crippen LogP contribution in [0.4, 0.5) is 5.00 Å². The SMILES string of the molecule is C[N+](C)(c1ccc(C(=O)O)s1)S(=O)O. The molecule has 0 saturated heterocycles. The Morgan fingerprint density at radius 3 is 2.43 bits per heavy atom. The van der Waals surface area contributed by atoms with Crippen LogP contribution >= 0.6 is 11.3 Å². The standard InChI is InChI=1S/C7H9NO4S2/c1-8(2,14(11)12)6-4-3-5(13-6)7(9)10/h3-4H,1-2H3,(H-,9,10,11,12)/p+1. The van der Waals surface area contributed by atoms with E-state index in [1.807, 2.05) is 0 Å². The molecule has 0 bridgehead atoms. The summed E-state index contributed by atoms with van der Waals surface area (Å²) >= 11 is -1.08. The Morgan fingerprint density at radius 1 is 1.50 bits per heavy atom. The normalized spacial score (nSPS) is 13.9. The van der Waals surface area contributed by atoms with Crippen molar-refractivity contribution in [2.24, 2.45) is 0 Å². The topological polar surface area (TPSA) is 74.6 Å². The van der Waals surface area contributed by atoms with Crippen molar-refractivity contribution in [3.63, 3.8) is 0 Å². The fraction of sp³-hybridized carbons (Fsp3) is 0.286. The summed E-state index contributed by atoms with van der Waals surface area (Å²) in [6.45, 7) is 0. The minimum atomic E-state index is -2.07. The van der Waals surface area contributed by atoms with Crippen molar-refractivity contribution in [2.45, 2.75) is 0 Å². The third-order valence-electron chi connectivity index (χ3n) is 1.72. The summed E-state index contributed by atoms with van der Waals surface area (Å²) in [5.41, 5.74) is 0. The summed E-state index contributed by atoms with van der Waals surface area (Å²) in [4.78, 5) is 10.7. The smallest absolute Gasteiger partial charge is 0.364 e. The molecule has 0 aliphatic heterocycles. The third kappa shape index (κ3) is 2.01.